The smallest absolute Gasteiger partial charge is 0.142 e. The predicted octanol–water partition coefficient (Wildman–Crippen LogP) is 1.17. The second-order valence-electron chi connectivity index (χ2n) is 1.69. The molecule has 2 nitrogen and oxygen atoms in total. The molecule has 0 aromatic heterocycles. The summed E-state index contributed by atoms with van der Waals surface area (Å²) in [4.78, 5) is 9.06. The number of hydrogen-bond acceptors (Lipinski definition) is 2. The fraction of sp³-hybridized carbons (Fsp3) is 0.571. The third-order valence-electron chi connectivity index (χ3n) is 0.924. The average molecular weight is 128 g/mol. The molecule has 0 atom stereocenters. The lowest BCUT2D eigenvalue weighted by molar-refractivity contribution is -0.104. The average Bonchev–Trinajstić information content (AvgIpc) is 2.43. The number of hydrogen-bond donors (Lipinski definition) is 0. The maximum Gasteiger partial charge on any atom is 0.142 e. The topological polar surface area (TPSA) is 26.3 Å². The Morgan fingerprint density at radius 1 is 1.33 bits per heavy atom. The van der Waals surface area contributed by atoms with Crippen LogP contribution in [0, 0.1) is 0 Å². The van der Waals surface area contributed by atoms with E-state index in [0.29, 0.717) is 6.29 Å². The van der Waals surface area contributed by atoms with Crippen LogP contribution in [0.5, 0.6) is 0 Å². The molecule has 0 aromatic carbocycles. The lowest BCUT2D eigenvalue weighted by Crippen LogP contribution is -1.74. The van der Waals surface area contributed by atoms with Crippen molar-refractivity contribution < 1.29 is 9.53 Å². The van der Waals surface area contributed by atoms with Gasteiger partial charge in [-0.05, 0) is 18.9 Å². The van der Waals surface area contributed by atoms with Gasteiger partial charge in [-0.1, -0.05) is 6.58 Å². The first-order chi connectivity index (χ1) is 4.41. The van der Waals surface area contributed by atoms with Gasteiger partial charge >= 0.3 is 0 Å². The highest BCUT2D eigenvalue weighted by atomic mass is 16.5. The highest BCUT2D eigenvalue weighted by Gasteiger charge is 1.94. The minimum Gasteiger partial charge on any atom is -0.381 e. The van der Waals surface area contributed by atoms with E-state index in [1.54, 1.807) is 0 Å². The van der Waals surface area contributed by atoms with Crippen LogP contribution in [0.25, 0.3) is 0 Å². The summed E-state index contributed by atoms with van der Waals surface area (Å²) in [5.74, 6) is 0. The molecule has 9 heavy (non-hydrogen) atoms. The van der Waals surface area contributed by atoms with Crippen molar-refractivity contribution in [1.82, 2.24) is 0 Å². The number of allylic oxidation sites excluding steroid dienone is 1. The van der Waals surface area contributed by atoms with Gasteiger partial charge in [-0.15, -0.1) is 0 Å². The molecule has 0 amide bonds. The fourth-order valence-electron chi connectivity index (χ4n) is 0.510. The van der Waals surface area contributed by atoms with E-state index in [2.05, 4.69) is 6.58 Å². The molecular formula is C7H12O2. The maximum atomic E-state index is 9.06. The van der Waals surface area contributed by atoms with Crippen molar-refractivity contribution in [3.05, 3.63) is 12.7 Å². The molecule has 0 N–H and O–H groups in total. The lowest BCUT2D eigenvalue weighted by atomic mass is 10.4. The molecule has 0 aliphatic carbocycles. The molecule has 1 rings (SSSR count). The van der Waals surface area contributed by atoms with Gasteiger partial charge in [-0.25, -0.2) is 0 Å². The highest BCUT2D eigenvalue weighted by molar-refractivity contribution is 5.63. The summed E-state index contributed by atoms with van der Waals surface area (Å²) < 4.78 is 4.94. The standard InChI is InChI=1S/C4H8O.C3H4O/c1-2-4-5-3-1;1-2-3-4/h1-4H2;2-3H,1H2. The molecule has 0 spiro atoms. The van der Waals surface area contributed by atoms with Gasteiger partial charge in [-0.2, -0.15) is 0 Å². The van der Waals surface area contributed by atoms with Crippen molar-refractivity contribution in [3.8, 4) is 0 Å². The Morgan fingerprint density at radius 2 is 1.78 bits per heavy atom. The Bertz CT molecular complexity index is 61.4. The van der Waals surface area contributed by atoms with Crippen LogP contribution in [-0.2, 0) is 9.53 Å². The van der Waals surface area contributed by atoms with Gasteiger partial charge in [-0.3, -0.25) is 4.79 Å². The quantitative estimate of drug-likeness (QED) is 0.391. The third kappa shape index (κ3) is 7.37. The minimum absolute atomic E-state index is 0.639. The Balaban J connectivity index is 0.000000148. The van der Waals surface area contributed by atoms with Crippen LogP contribution >= 0.6 is 0 Å². The van der Waals surface area contributed by atoms with Crippen molar-refractivity contribution in [2.45, 2.75) is 12.8 Å². The summed E-state index contributed by atoms with van der Waals surface area (Å²) in [7, 11) is 0. The molecular weight excluding hydrogens is 116 g/mol. The summed E-state index contributed by atoms with van der Waals surface area (Å²) in [5.41, 5.74) is 0. The lowest BCUT2D eigenvalue weighted by Gasteiger charge is -1.76. The summed E-state index contributed by atoms with van der Waals surface area (Å²) in [6.07, 6.45) is 4.39. The minimum atomic E-state index is 0.639. The zero-order valence-electron chi connectivity index (χ0n) is 5.51. The summed E-state index contributed by atoms with van der Waals surface area (Å²) in [6.45, 7) is 5.11. The monoisotopic (exact) mass is 128 g/mol. The molecule has 1 aliphatic rings. The van der Waals surface area contributed by atoms with E-state index in [1.165, 1.54) is 18.9 Å². The predicted molar refractivity (Wildman–Crippen MR) is 36.3 cm³/mol. The van der Waals surface area contributed by atoms with Gasteiger partial charge < -0.3 is 4.74 Å². The Labute approximate surface area is 55.5 Å². The maximum absolute atomic E-state index is 9.06. The summed E-state index contributed by atoms with van der Waals surface area (Å²) in [6, 6.07) is 0. The number of rotatable bonds is 1. The molecule has 52 valence electrons. The first-order valence-electron chi connectivity index (χ1n) is 3.05. The van der Waals surface area contributed by atoms with E-state index in [0.717, 1.165) is 13.2 Å². The van der Waals surface area contributed by atoms with Crippen LogP contribution in [0.1, 0.15) is 12.8 Å². The Morgan fingerprint density at radius 3 is 1.89 bits per heavy atom. The molecule has 0 saturated carbocycles. The molecule has 2 heteroatoms. The van der Waals surface area contributed by atoms with Crippen molar-refractivity contribution in [2.24, 2.45) is 0 Å². The highest BCUT2D eigenvalue weighted by Crippen LogP contribution is 1.98. The van der Waals surface area contributed by atoms with Crippen LogP contribution in [-0.4, -0.2) is 19.5 Å². The second kappa shape index (κ2) is 7.37. The van der Waals surface area contributed by atoms with E-state index in [4.69, 9.17) is 9.53 Å². The number of aldehydes is 1. The largest absolute Gasteiger partial charge is 0.381 e. The van der Waals surface area contributed by atoms with E-state index < -0.39 is 0 Å². The Kier molecular flexibility index (Phi) is 6.85. The van der Waals surface area contributed by atoms with E-state index in [9.17, 15) is 0 Å². The first-order valence-corrected chi connectivity index (χ1v) is 3.05. The molecule has 1 heterocycles. The Hall–Kier alpha value is -0.630. The van der Waals surface area contributed by atoms with Gasteiger partial charge in [0.1, 0.15) is 6.29 Å². The van der Waals surface area contributed by atoms with Crippen molar-refractivity contribution >= 4 is 6.29 Å². The summed E-state index contributed by atoms with van der Waals surface area (Å²) >= 11 is 0. The van der Waals surface area contributed by atoms with Crippen LogP contribution in [0.4, 0.5) is 0 Å². The molecule has 1 saturated heterocycles. The van der Waals surface area contributed by atoms with E-state index in [-0.39, 0.29) is 0 Å². The summed E-state index contributed by atoms with van der Waals surface area (Å²) in [5, 5.41) is 0. The number of carbonyl (C=O) groups is 1. The van der Waals surface area contributed by atoms with Crippen LogP contribution in [0.3, 0.4) is 0 Å². The SMILES string of the molecule is C1CCOC1.C=CC=O. The van der Waals surface area contributed by atoms with Gasteiger partial charge in [0.15, 0.2) is 0 Å². The first kappa shape index (κ1) is 8.37. The zero-order chi connectivity index (χ0) is 6.95. The van der Waals surface area contributed by atoms with Crippen LogP contribution in [0.2, 0.25) is 0 Å². The van der Waals surface area contributed by atoms with Crippen molar-refractivity contribution in [1.29, 1.82) is 0 Å². The normalized spacial score (nSPS) is 15.6. The molecule has 0 radical (unpaired) electrons. The fourth-order valence-corrected chi connectivity index (χ4v) is 0.510. The molecule has 1 fully saturated rings. The van der Waals surface area contributed by atoms with E-state index >= 15 is 0 Å². The molecule has 1 aliphatic heterocycles. The molecule has 0 aromatic rings. The van der Waals surface area contributed by atoms with Gasteiger partial charge in [0, 0.05) is 13.2 Å². The van der Waals surface area contributed by atoms with Crippen LogP contribution in [0.15, 0.2) is 12.7 Å². The van der Waals surface area contributed by atoms with E-state index in [1.807, 2.05) is 0 Å². The molecule has 0 unspecified atom stereocenters. The second-order valence-corrected chi connectivity index (χ2v) is 1.69. The third-order valence-corrected chi connectivity index (χ3v) is 0.924. The van der Waals surface area contributed by atoms with Crippen molar-refractivity contribution in [2.75, 3.05) is 13.2 Å². The number of carbonyl (C=O) groups excluding carboxylic acids is 1. The molecule has 0 bridgehead atoms. The van der Waals surface area contributed by atoms with Gasteiger partial charge in [0.2, 0.25) is 0 Å². The van der Waals surface area contributed by atoms with Gasteiger partial charge in [0.25, 0.3) is 0 Å². The number of ether oxygens (including phenoxy) is 1. The van der Waals surface area contributed by atoms with Crippen molar-refractivity contribution in [3.63, 3.8) is 0 Å². The van der Waals surface area contributed by atoms with Gasteiger partial charge in [0.05, 0.1) is 0 Å². The van der Waals surface area contributed by atoms with Crippen LogP contribution < -0.4 is 0 Å². The zero-order valence-corrected chi connectivity index (χ0v) is 5.51.